The highest BCUT2D eigenvalue weighted by Gasteiger charge is 2.06. The van der Waals surface area contributed by atoms with E-state index in [1.54, 1.807) is 29.0 Å². The average Bonchev–Trinajstić information content (AvgIpc) is 3.01. The van der Waals surface area contributed by atoms with Crippen LogP contribution in [0.4, 0.5) is 0 Å². The molecule has 0 aliphatic rings. The summed E-state index contributed by atoms with van der Waals surface area (Å²) in [7, 11) is 0. The summed E-state index contributed by atoms with van der Waals surface area (Å²) in [6.45, 7) is 0. The van der Waals surface area contributed by atoms with Crippen molar-refractivity contribution in [3.63, 3.8) is 0 Å². The number of rotatable bonds is 5. The third kappa shape index (κ3) is 3.75. The Morgan fingerprint density at radius 3 is 2.68 bits per heavy atom. The third-order valence-corrected chi connectivity index (χ3v) is 4.30. The van der Waals surface area contributed by atoms with Crippen molar-refractivity contribution in [2.24, 2.45) is 5.10 Å². The lowest BCUT2D eigenvalue weighted by Crippen LogP contribution is -1.93. The van der Waals surface area contributed by atoms with Gasteiger partial charge in [-0.15, -0.1) is 10.2 Å². The van der Waals surface area contributed by atoms with E-state index in [-0.39, 0.29) is 0 Å². The highest BCUT2D eigenvalue weighted by atomic mass is 35.5. The van der Waals surface area contributed by atoms with Gasteiger partial charge in [0.15, 0.2) is 0 Å². The summed E-state index contributed by atoms with van der Waals surface area (Å²) in [5.74, 6) is 0.721. The lowest BCUT2D eigenvalue weighted by molar-refractivity contribution is 0.767. The molecule has 0 amide bonds. The maximum atomic E-state index is 6.16. The summed E-state index contributed by atoms with van der Waals surface area (Å²) in [5, 5.41) is 13.9. The topological polar surface area (TPSA) is 43.1 Å². The van der Waals surface area contributed by atoms with Crippen LogP contribution in [-0.4, -0.2) is 21.1 Å². The van der Waals surface area contributed by atoms with Crippen molar-refractivity contribution in [1.82, 2.24) is 14.9 Å². The molecule has 0 radical (unpaired) electrons. The molecule has 6 heteroatoms. The number of nitrogens with zero attached hydrogens (tertiary/aromatic N) is 4. The second-order valence-electron chi connectivity index (χ2n) is 4.49. The Labute approximate surface area is 137 Å². The molecular weight excluding hydrogens is 316 g/mol. The molecule has 0 bridgehead atoms. The Morgan fingerprint density at radius 1 is 1.09 bits per heavy atom. The Morgan fingerprint density at radius 2 is 1.86 bits per heavy atom. The van der Waals surface area contributed by atoms with Gasteiger partial charge in [0.05, 0.1) is 6.21 Å². The molecule has 0 aliphatic carbocycles. The lowest BCUT2D eigenvalue weighted by Gasteiger charge is -2.03. The molecule has 0 atom stereocenters. The fourth-order valence-corrected chi connectivity index (χ4v) is 2.97. The van der Waals surface area contributed by atoms with Gasteiger partial charge in [0.25, 0.3) is 0 Å². The molecule has 0 spiro atoms. The normalized spacial score (nSPS) is 11.1. The Hall–Kier alpha value is -2.11. The quantitative estimate of drug-likeness (QED) is 0.523. The van der Waals surface area contributed by atoms with Gasteiger partial charge in [-0.25, -0.2) is 0 Å². The highest BCUT2D eigenvalue weighted by molar-refractivity contribution is 7.98. The van der Waals surface area contributed by atoms with Gasteiger partial charge < -0.3 is 0 Å². The van der Waals surface area contributed by atoms with Crippen molar-refractivity contribution < 1.29 is 0 Å². The molecule has 2 aromatic carbocycles. The maximum Gasteiger partial charge on any atom is 0.212 e. The average molecular weight is 329 g/mol. The second-order valence-corrected chi connectivity index (χ2v) is 5.84. The molecule has 3 rings (SSSR count). The summed E-state index contributed by atoms with van der Waals surface area (Å²) in [6, 6.07) is 17.7. The summed E-state index contributed by atoms with van der Waals surface area (Å²) in [6.07, 6.45) is 3.37. The van der Waals surface area contributed by atoms with E-state index in [0.29, 0.717) is 0 Å². The third-order valence-electron chi connectivity index (χ3n) is 2.95. The number of thioether (sulfide) groups is 1. The Bertz CT molecular complexity index is 771. The first-order valence-electron chi connectivity index (χ1n) is 6.68. The molecular formula is C16H13ClN4S. The van der Waals surface area contributed by atoms with Crippen LogP contribution >= 0.6 is 23.4 Å². The van der Waals surface area contributed by atoms with Crippen LogP contribution in [0.15, 0.2) is 71.2 Å². The number of aromatic nitrogens is 3. The van der Waals surface area contributed by atoms with Gasteiger partial charge >= 0.3 is 0 Å². The van der Waals surface area contributed by atoms with Crippen molar-refractivity contribution in [2.75, 3.05) is 0 Å². The SMILES string of the molecule is Clc1ccccc1CSc1nncn1/N=C/c1ccccc1. The fourth-order valence-electron chi connectivity index (χ4n) is 1.82. The minimum absolute atomic E-state index is 0.721. The van der Waals surface area contributed by atoms with Crippen molar-refractivity contribution in [2.45, 2.75) is 10.9 Å². The summed E-state index contributed by atoms with van der Waals surface area (Å²) in [4.78, 5) is 0. The fraction of sp³-hybridized carbons (Fsp3) is 0.0625. The molecule has 1 aromatic heterocycles. The molecule has 0 unspecified atom stereocenters. The van der Waals surface area contributed by atoms with Crippen LogP contribution in [0.1, 0.15) is 11.1 Å². The minimum atomic E-state index is 0.721. The molecule has 4 nitrogen and oxygen atoms in total. The van der Waals surface area contributed by atoms with E-state index < -0.39 is 0 Å². The predicted octanol–water partition coefficient (Wildman–Crippen LogP) is 4.11. The Kier molecular flexibility index (Phi) is 4.88. The van der Waals surface area contributed by atoms with Crippen molar-refractivity contribution in [3.8, 4) is 0 Å². The zero-order chi connectivity index (χ0) is 15.2. The van der Waals surface area contributed by atoms with Crippen LogP contribution in [0, 0.1) is 0 Å². The van der Waals surface area contributed by atoms with Crippen LogP contribution in [0.3, 0.4) is 0 Å². The second kappa shape index (κ2) is 7.24. The number of hydrogen-bond donors (Lipinski definition) is 0. The summed E-state index contributed by atoms with van der Waals surface area (Å²) < 4.78 is 1.66. The molecule has 22 heavy (non-hydrogen) atoms. The van der Waals surface area contributed by atoms with E-state index in [9.17, 15) is 0 Å². The number of hydrogen-bond acceptors (Lipinski definition) is 4. The summed E-state index contributed by atoms with van der Waals surface area (Å²) in [5.41, 5.74) is 2.09. The van der Waals surface area contributed by atoms with Crippen molar-refractivity contribution in [1.29, 1.82) is 0 Å². The van der Waals surface area contributed by atoms with Crippen LogP contribution in [0.5, 0.6) is 0 Å². The predicted molar refractivity (Wildman–Crippen MR) is 90.5 cm³/mol. The van der Waals surface area contributed by atoms with Gasteiger partial charge in [-0.2, -0.15) is 9.78 Å². The highest BCUT2D eigenvalue weighted by Crippen LogP contribution is 2.25. The van der Waals surface area contributed by atoms with Gasteiger partial charge in [0.1, 0.15) is 6.33 Å². The zero-order valence-electron chi connectivity index (χ0n) is 11.6. The van der Waals surface area contributed by atoms with Crippen LogP contribution < -0.4 is 0 Å². The monoisotopic (exact) mass is 328 g/mol. The van der Waals surface area contributed by atoms with Crippen LogP contribution in [0.2, 0.25) is 5.02 Å². The molecule has 0 N–H and O–H groups in total. The first-order valence-corrected chi connectivity index (χ1v) is 8.05. The van der Waals surface area contributed by atoms with Crippen molar-refractivity contribution >= 4 is 29.6 Å². The van der Waals surface area contributed by atoms with E-state index in [1.165, 1.54) is 0 Å². The molecule has 0 saturated heterocycles. The van der Waals surface area contributed by atoms with Gasteiger partial charge in [0, 0.05) is 10.8 Å². The van der Waals surface area contributed by atoms with Crippen LogP contribution in [0.25, 0.3) is 0 Å². The van der Waals surface area contributed by atoms with Gasteiger partial charge in [-0.3, -0.25) is 0 Å². The molecule has 110 valence electrons. The smallest absolute Gasteiger partial charge is 0.195 e. The van der Waals surface area contributed by atoms with E-state index in [1.807, 2.05) is 54.6 Å². The lowest BCUT2D eigenvalue weighted by atomic mass is 10.2. The molecule has 0 aliphatic heterocycles. The Balaban J connectivity index is 1.70. The zero-order valence-corrected chi connectivity index (χ0v) is 13.2. The van der Waals surface area contributed by atoms with Crippen LogP contribution in [-0.2, 0) is 5.75 Å². The molecule has 0 saturated carbocycles. The largest absolute Gasteiger partial charge is 0.212 e. The first-order chi connectivity index (χ1) is 10.8. The van der Waals surface area contributed by atoms with Crippen molar-refractivity contribution in [3.05, 3.63) is 77.1 Å². The number of benzene rings is 2. The summed E-state index contributed by atoms with van der Waals surface area (Å²) >= 11 is 7.71. The van der Waals surface area contributed by atoms with Gasteiger partial charge in [-0.1, -0.05) is 71.9 Å². The number of halogens is 1. The molecule has 0 fully saturated rings. The molecule has 3 aromatic rings. The van der Waals surface area contributed by atoms with E-state index in [2.05, 4.69) is 15.3 Å². The molecule has 1 heterocycles. The van der Waals surface area contributed by atoms with Gasteiger partial charge in [-0.05, 0) is 17.2 Å². The van der Waals surface area contributed by atoms with E-state index in [4.69, 9.17) is 11.6 Å². The standard InChI is InChI=1S/C16H13ClN4S/c17-15-9-5-4-8-14(15)11-22-16-20-18-12-21(16)19-10-13-6-2-1-3-7-13/h1-10,12H,11H2/b19-10+. The maximum absolute atomic E-state index is 6.16. The van der Waals surface area contributed by atoms with E-state index in [0.717, 1.165) is 27.1 Å². The minimum Gasteiger partial charge on any atom is -0.195 e. The first kappa shape index (κ1) is 14.8. The van der Waals surface area contributed by atoms with Gasteiger partial charge in [0.2, 0.25) is 5.16 Å². The van der Waals surface area contributed by atoms with E-state index >= 15 is 0 Å².